The zero-order chi connectivity index (χ0) is 35.0. The van der Waals surface area contributed by atoms with Gasteiger partial charge >= 0.3 is 11.9 Å². The maximum absolute atomic E-state index is 14.8. The van der Waals surface area contributed by atoms with Gasteiger partial charge in [-0.3, -0.25) is 14.4 Å². The first-order chi connectivity index (χ1) is 22.5. The molecule has 1 aromatic rings. The largest absolute Gasteiger partial charge is 0.481 e. The highest BCUT2D eigenvalue weighted by molar-refractivity contribution is 6.00. The summed E-state index contributed by atoms with van der Waals surface area (Å²) < 4.78 is 19.3. The van der Waals surface area contributed by atoms with E-state index in [1.165, 1.54) is 6.92 Å². The molecule has 1 unspecified atom stereocenters. The summed E-state index contributed by atoms with van der Waals surface area (Å²) in [5.74, 6) is -1.54. The highest BCUT2D eigenvalue weighted by Crippen LogP contribution is 2.74. The highest BCUT2D eigenvalue weighted by Gasteiger charge is 2.74. The number of fused-ring (bicyclic) bond motifs is 3. The topological polar surface area (TPSA) is 125 Å². The summed E-state index contributed by atoms with van der Waals surface area (Å²) >= 11 is 0. The number of carbonyl (C=O) groups is 3. The number of hydrogen-bond donors (Lipinski definition) is 2. The molecule has 0 aromatic heterocycles. The summed E-state index contributed by atoms with van der Waals surface area (Å²) in [6.07, 6.45) is 4.66. The molecule has 4 fully saturated rings. The molecule has 1 aromatic carbocycles. The van der Waals surface area contributed by atoms with Crippen molar-refractivity contribution in [1.29, 1.82) is 0 Å². The Bertz CT molecular complexity index is 1470. The second-order valence-corrected chi connectivity index (χ2v) is 17.4. The molecule has 0 spiro atoms. The number of benzene rings is 1. The minimum atomic E-state index is -1.06. The van der Waals surface area contributed by atoms with Crippen LogP contribution in [0, 0.1) is 56.7 Å². The summed E-state index contributed by atoms with van der Waals surface area (Å²) in [6, 6.07) is 9.52. The first-order valence-corrected chi connectivity index (χ1v) is 18.1. The Hall–Kier alpha value is -2.55. The SMILES string of the molecule is CC(=O)O[C@@H]1C[C@@]23COC[C@@](C)([C@@H]2CC[C@H]2C3=CC(=O)[C@@]3(C)[C@H](C(=O)O)[C@@](C)([C@H](C)C(C)C)CC[C@]23C)[C@H]1OCC(N)c1ccccc1. The Morgan fingerprint density at radius 2 is 1.73 bits per heavy atom. The molecule has 1 heterocycles. The number of hydrogen-bond acceptors (Lipinski definition) is 7. The monoisotopic (exact) mass is 663 g/mol. The summed E-state index contributed by atoms with van der Waals surface area (Å²) in [6.45, 7) is 17.5. The second-order valence-electron chi connectivity index (χ2n) is 17.4. The molecule has 48 heavy (non-hydrogen) atoms. The van der Waals surface area contributed by atoms with E-state index in [1.807, 2.05) is 43.3 Å². The summed E-state index contributed by atoms with van der Waals surface area (Å²) in [5, 5.41) is 10.9. The maximum atomic E-state index is 14.8. The number of ketones is 1. The fraction of sp³-hybridized carbons (Fsp3) is 0.725. The molecule has 8 heteroatoms. The van der Waals surface area contributed by atoms with Crippen LogP contribution in [0.25, 0.3) is 0 Å². The summed E-state index contributed by atoms with van der Waals surface area (Å²) in [5.41, 5.74) is 5.49. The molecule has 2 bridgehead atoms. The number of aliphatic carboxylic acids is 1. The van der Waals surface area contributed by atoms with Crippen LogP contribution in [0.1, 0.15) is 99.1 Å². The van der Waals surface area contributed by atoms with Crippen LogP contribution in [-0.2, 0) is 28.6 Å². The standard InChI is InChI=1S/C40H57NO7/c1-23(2)24(3)36(5)16-17-38(7)27-14-15-31-37(6)21-46-22-40(31,28(27)18-32(43)39(38,8)33(36)35(44)45)19-30(48-25(4)42)34(37)47-20-29(41)26-12-10-9-11-13-26/h9-13,18,23-24,27,29-31,33-34H,14-17,19-22,41H2,1-8H3,(H,44,45)/t24-,27+,29?,30-,31+,33-,34+,36-,37+,38-,39+,40+/m1/s1. The van der Waals surface area contributed by atoms with Gasteiger partial charge in [0.05, 0.1) is 31.8 Å². The third-order valence-electron chi connectivity index (χ3n) is 14.9. The second kappa shape index (κ2) is 12.1. The van der Waals surface area contributed by atoms with Gasteiger partial charge in [0.15, 0.2) is 5.78 Å². The number of nitrogens with two attached hydrogens (primary N) is 1. The van der Waals surface area contributed by atoms with Gasteiger partial charge in [0, 0.05) is 23.2 Å². The van der Waals surface area contributed by atoms with Crippen molar-refractivity contribution in [3.8, 4) is 0 Å². The predicted molar refractivity (Wildman–Crippen MR) is 183 cm³/mol. The zero-order valence-electron chi connectivity index (χ0n) is 30.2. The van der Waals surface area contributed by atoms with E-state index in [0.717, 1.165) is 36.8 Å². The lowest BCUT2D eigenvalue weighted by Crippen LogP contribution is -2.71. The van der Waals surface area contributed by atoms with Crippen LogP contribution in [-0.4, -0.2) is 54.9 Å². The van der Waals surface area contributed by atoms with E-state index < -0.39 is 51.2 Å². The Morgan fingerprint density at radius 1 is 1.04 bits per heavy atom. The van der Waals surface area contributed by atoms with Gasteiger partial charge in [-0.15, -0.1) is 0 Å². The van der Waals surface area contributed by atoms with Crippen LogP contribution < -0.4 is 5.73 Å². The van der Waals surface area contributed by atoms with Crippen molar-refractivity contribution in [3.63, 3.8) is 0 Å². The van der Waals surface area contributed by atoms with Gasteiger partial charge in [0.25, 0.3) is 0 Å². The first kappa shape index (κ1) is 35.3. The molecule has 8 nitrogen and oxygen atoms in total. The minimum Gasteiger partial charge on any atom is -0.481 e. The summed E-state index contributed by atoms with van der Waals surface area (Å²) in [4.78, 5) is 40.8. The van der Waals surface area contributed by atoms with Gasteiger partial charge in [-0.25, -0.2) is 0 Å². The number of allylic oxidation sites excluding steroid dienone is 1. The zero-order valence-corrected chi connectivity index (χ0v) is 30.2. The predicted octanol–water partition coefficient (Wildman–Crippen LogP) is 6.77. The smallest absolute Gasteiger partial charge is 0.308 e. The number of carboxylic acid groups (broad SMARTS) is 1. The van der Waals surface area contributed by atoms with Crippen molar-refractivity contribution >= 4 is 17.7 Å². The Morgan fingerprint density at radius 3 is 2.35 bits per heavy atom. The molecule has 0 amide bonds. The van der Waals surface area contributed by atoms with E-state index >= 15 is 0 Å². The van der Waals surface area contributed by atoms with Crippen LogP contribution >= 0.6 is 0 Å². The maximum Gasteiger partial charge on any atom is 0.308 e. The van der Waals surface area contributed by atoms with Gasteiger partial charge in [0.1, 0.15) is 12.2 Å². The minimum absolute atomic E-state index is 0.0186. The van der Waals surface area contributed by atoms with Crippen molar-refractivity contribution in [2.75, 3.05) is 19.8 Å². The van der Waals surface area contributed by atoms with Crippen molar-refractivity contribution in [1.82, 2.24) is 0 Å². The van der Waals surface area contributed by atoms with E-state index in [0.29, 0.717) is 25.6 Å². The Labute approximate surface area is 286 Å². The average molecular weight is 664 g/mol. The molecule has 5 aliphatic rings. The first-order valence-electron chi connectivity index (χ1n) is 18.1. The van der Waals surface area contributed by atoms with Crippen LogP contribution in [0.3, 0.4) is 0 Å². The van der Waals surface area contributed by atoms with Gasteiger partial charge < -0.3 is 25.1 Å². The summed E-state index contributed by atoms with van der Waals surface area (Å²) in [7, 11) is 0. The van der Waals surface area contributed by atoms with Crippen molar-refractivity contribution in [2.45, 2.75) is 106 Å². The number of carbonyl (C=O) groups excluding carboxylic acids is 2. The third-order valence-corrected chi connectivity index (χ3v) is 14.9. The molecule has 0 radical (unpaired) electrons. The number of esters is 1. The van der Waals surface area contributed by atoms with Crippen LogP contribution in [0.5, 0.6) is 0 Å². The molecule has 12 atom stereocenters. The fourth-order valence-electron chi connectivity index (χ4n) is 12.0. The lowest BCUT2D eigenvalue weighted by atomic mass is 9.34. The normalized spacial score (nSPS) is 43.2. The van der Waals surface area contributed by atoms with E-state index in [1.54, 1.807) is 0 Å². The molecule has 3 N–H and O–H groups in total. The molecule has 264 valence electrons. The number of carboxylic acids is 1. The Kier molecular flexibility index (Phi) is 8.86. The third kappa shape index (κ3) is 4.90. The quantitative estimate of drug-likeness (QED) is 0.292. The molecule has 1 saturated heterocycles. The molecule has 6 rings (SSSR count). The molecule has 3 saturated carbocycles. The van der Waals surface area contributed by atoms with Crippen molar-refractivity contribution < 1.29 is 33.7 Å². The van der Waals surface area contributed by atoms with Crippen molar-refractivity contribution in [3.05, 3.63) is 47.5 Å². The van der Waals surface area contributed by atoms with E-state index in [-0.39, 0.29) is 42.2 Å². The Balaban J connectivity index is 1.41. The van der Waals surface area contributed by atoms with E-state index in [9.17, 15) is 19.5 Å². The van der Waals surface area contributed by atoms with Gasteiger partial charge in [-0.05, 0) is 78.2 Å². The molecular weight excluding hydrogens is 606 g/mol. The molecule has 4 aliphatic carbocycles. The van der Waals surface area contributed by atoms with Gasteiger partial charge in [0.2, 0.25) is 0 Å². The number of ether oxygens (including phenoxy) is 3. The lowest BCUT2D eigenvalue weighted by molar-refractivity contribution is -0.266. The van der Waals surface area contributed by atoms with E-state index in [2.05, 4.69) is 41.5 Å². The average Bonchev–Trinajstić information content (AvgIpc) is 3.02. The van der Waals surface area contributed by atoms with Gasteiger partial charge in [-0.2, -0.15) is 0 Å². The van der Waals surface area contributed by atoms with Crippen LogP contribution in [0.15, 0.2) is 42.0 Å². The highest BCUT2D eigenvalue weighted by atomic mass is 16.6. The van der Waals surface area contributed by atoms with E-state index in [4.69, 9.17) is 19.9 Å². The fourth-order valence-corrected chi connectivity index (χ4v) is 12.0. The molecular formula is C40H57NO7. The van der Waals surface area contributed by atoms with Crippen LogP contribution in [0.2, 0.25) is 0 Å². The lowest BCUT2D eigenvalue weighted by Gasteiger charge is -2.70. The van der Waals surface area contributed by atoms with Crippen molar-refractivity contribution in [2.24, 2.45) is 62.4 Å². The molecule has 1 aliphatic heterocycles. The number of rotatable bonds is 8. The van der Waals surface area contributed by atoms with Crippen LogP contribution in [0.4, 0.5) is 0 Å². The van der Waals surface area contributed by atoms with Gasteiger partial charge in [-0.1, -0.05) is 84.4 Å².